The first-order chi connectivity index (χ1) is 45.2. The van der Waals surface area contributed by atoms with Crippen LogP contribution in [0.15, 0.2) is 0 Å². The number of phosphoric acid groups is 2. The minimum atomic E-state index is -4.96. The summed E-state index contributed by atoms with van der Waals surface area (Å²) in [5.74, 6) is 0.184. The molecule has 0 bridgehead atoms. The molecule has 0 aromatic heterocycles. The Morgan fingerprint density at radius 3 is 0.723 bits per heavy atom. The highest BCUT2D eigenvalue weighted by Crippen LogP contribution is 2.45. The molecule has 0 aromatic rings. The van der Waals surface area contributed by atoms with Gasteiger partial charge in [-0.1, -0.05) is 331 Å². The topological polar surface area (TPSA) is 237 Å². The Kier molecular flexibility index (Phi) is 64.3. The second-order valence-electron chi connectivity index (χ2n) is 28.5. The van der Waals surface area contributed by atoms with Gasteiger partial charge in [-0.05, 0) is 43.4 Å². The number of rotatable bonds is 73. The molecule has 94 heavy (non-hydrogen) atoms. The lowest BCUT2D eigenvalue weighted by Crippen LogP contribution is -2.30. The van der Waals surface area contributed by atoms with Crippen molar-refractivity contribution in [3.05, 3.63) is 0 Å². The summed E-state index contributed by atoms with van der Waals surface area (Å²) in [4.78, 5) is 72.8. The van der Waals surface area contributed by atoms with E-state index in [1.165, 1.54) is 193 Å². The monoisotopic (exact) mass is 1380 g/mol. The third-order valence-corrected chi connectivity index (χ3v) is 19.3. The average molecular weight is 1380 g/mol. The first-order valence-corrected chi connectivity index (χ1v) is 41.8. The average Bonchev–Trinajstić information content (AvgIpc) is 1.29. The van der Waals surface area contributed by atoms with Gasteiger partial charge in [0, 0.05) is 25.7 Å². The van der Waals surface area contributed by atoms with Gasteiger partial charge in [-0.15, -0.1) is 0 Å². The van der Waals surface area contributed by atoms with E-state index in [4.69, 9.17) is 37.0 Å². The number of aliphatic hydroxyl groups is 1. The number of unbranched alkanes of at least 4 members (excludes halogenated alkanes) is 41. The molecule has 0 radical (unpaired) electrons. The van der Waals surface area contributed by atoms with Crippen LogP contribution in [0.3, 0.4) is 0 Å². The molecular formula is C75H146O17P2. The van der Waals surface area contributed by atoms with Gasteiger partial charge in [-0.3, -0.25) is 37.3 Å². The number of carbonyl (C=O) groups excluding carboxylic acids is 4. The number of hydrogen-bond donors (Lipinski definition) is 3. The first-order valence-electron chi connectivity index (χ1n) is 38.8. The van der Waals surface area contributed by atoms with Gasteiger partial charge < -0.3 is 33.8 Å². The van der Waals surface area contributed by atoms with E-state index in [0.29, 0.717) is 25.7 Å². The summed E-state index contributed by atoms with van der Waals surface area (Å²) in [7, 11) is -9.91. The molecule has 0 heterocycles. The van der Waals surface area contributed by atoms with Crippen LogP contribution >= 0.6 is 15.6 Å². The molecule has 19 heteroatoms. The second-order valence-corrected chi connectivity index (χ2v) is 31.4. The van der Waals surface area contributed by atoms with Crippen molar-refractivity contribution in [3.63, 3.8) is 0 Å². The Morgan fingerprint density at radius 1 is 0.287 bits per heavy atom. The Balaban J connectivity index is 5.25. The van der Waals surface area contributed by atoms with Crippen LogP contribution < -0.4 is 0 Å². The number of phosphoric ester groups is 2. The molecule has 0 aliphatic rings. The Hall–Kier alpha value is -1.94. The standard InChI is InChI=1S/C75H146O17P2/c1-8-9-10-11-12-13-19-28-35-42-49-56-72(77)85-63-71(92-75(80)59-52-45-38-31-24-27-34-41-48-55-68(6)7)65-90-94(83,84)88-61-69(76)60-87-93(81,82)89-64-70(62-86-73(78)57-50-43-36-29-23-18-21-26-33-40-47-54-67(4)5)91-74(79)58-51-44-37-30-22-17-15-14-16-20-25-32-39-46-53-66(2)3/h66-71,76H,8-65H2,1-7H3,(H,81,82)(H,83,84)/t69-,70-,71-/m1/s1. The smallest absolute Gasteiger partial charge is 0.462 e. The number of carbonyl (C=O) groups is 4. The van der Waals surface area contributed by atoms with Gasteiger partial charge in [0.2, 0.25) is 0 Å². The summed E-state index contributed by atoms with van der Waals surface area (Å²) in [6.07, 6.45) is 51.2. The van der Waals surface area contributed by atoms with Crippen molar-refractivity contribution in [3.8, 4) is 0 Å². The van der Waals surface area contributed by atoms with Crippen LogP contribution in [0.25, 0.3) is 0 Å². The third kappa shape index (κ3) is 68.6. The van der Waals surface area contributed by atoms with Crippen molar-refractivity contribution in [1.82, 2.24) is 0 Å². The van der Waals surface area contributed by atoms with Crippen molar-refractivity contribution in [1.29, 1.82) is 0 Å². The molecule has 0 aliphatic carbocycles. The highest BCUT2D eigenvalue weighted by Gasteiger charge is 2.30. The van der Waals surface area contributed by atoms with Crippen LogP contribution in [-0.2, 0) is 65.4 Å². The highest BCUT2D eigenvalue weighted by molar-refractivity contribution is 7.47. The summed E-state index contributed by atoms with van der Waals surface area (Å²) < 4.78 is 68.5. The maximum atomic E-state index is 13.1. The van der Waals surface area contributed by atoms with Gasteiger partial charge in [0.1, 0.15) is 19.3 Å². The van der Waals surface area contributed by atoms with Gasteiger partial charge in [0.05, 0.1) is 26.4 Å². The maximum Gasteiger partial charge on any atom is 0.472 e. The molecule has 0 spiro atoms. The van der Waals surface area contributed by atoms with Crippen LogP contribution in [0.2, 0.25) is 0 Å². The molecule has 2 unspecified atom stereocenters. The van der Waals surface area contributed by atoms with Crippen LogP contribution in [0.5, 0.6) is 0 Å². The number of ether oxygens (including phenoxy) is 4. The van der Waals surface area contributed by atoms with E-state index >= 15 is 0 Å². The first kappa shape index (κ1) is 92.1. The molecule has 17 nitrogen and oxygen atoms in total. The number of aliphatic hydroxyl groups excluding tert-OH is 1. The lowest BCUT2D eigenvalue weighted by molar-refractivity contribution is -0.161. The quantitative estimate of drug-likeness (QED) is 0.0222. The molecule has 0 aliphatic heterocycles. The van der Waals surface area contributed by atoms with E-state index < -0.39 is 97.5 Å². The van der Waals surface area contributed by atoms with Gasteiger partial charge in [-0.2, -0.15) is 0 Å². The Labute approximate surface area is 575 Å². The van der Waals surface area contributed by atoms with Gasteiger partial charge in [0.15, 0.2) is 12.2 Å². The van der Waals surface area contributed by atoms with E-state index in [-0.39, 0.29) is 25.7 Å². The van der Waals surface area contributed by atoms with E-state index in [0.717, 1.165) is 108 Å². The molecule has 0 saturated carbocycles. The molecule has 0 aromatic carbocycles. The van der Waals surface area contributed by atoms with Crippen LogP contribution in [0.4, 0.5) is 0 Å². The Morgan fingerprint density at radius 2 is 0.489 bits per heavy atom. The SMILES string of the molecule is CCCCCCCCCCCCCC(=O)OC[C@H](COP(=O)(O)OC[C@H](O)COP(=O)(O)OC[C@@H](COC(=O)CCCCCCCCCCCCCC(C)C)OC(=O)CCCCCCCCCCCCCCCCC(C)C)OC(=O)CCCCCCCCCCCC(C)C. The van der Waals surface area contributed by atoms with E-state index in [1.807, 2.05) is 0 Å². The molecule has 3 N–H and O–H groups in total. The number of hydrogen-bond acceptors (Lipinski definition) is 15. The van der Waals surface area contributed by atoms with Crippen LogP contribution in [-0.4, -0.2) is 96.7 Å². The molecule has 0 amide bonds. The molecule has 558 valence electrons. The largest absolute Gasteiger partial charge is 0.472 e. The third-order valence-electron chi connectivity index (χ3n) is 17.4. The molecule has 0 saturated heterocycles. The minimum absolute atomic E-state index is 0.105. The van der Waals surface area contributed by atoms with E-state index in [1.54, 1.807) is 0 Å². The van der Waals surface area contributed by atoms with Crippen molar-refractivity contribution >= 4 is 39.5 Å². The van der Waals surface area contributed by atoms with Crippen molar-refractivity contribution in [2.45, 2.75) is 401 Å². The fourth-order valence-electron chi connectivity index (χ4n) is 11.4. The van der Waals surface area contributed by atoms with Crippen molar-refractivity contribution < 1.29 is 80.2 Å². The molecule has 5 atom stereocenters. The second kappa shape index (κ2) is 65.7. The lowest BCUT2D eigenvalue weighted by Gasteiger charge is -2.21. The van der Waals surface area contributed by atoms with Gasteiger partial charge >= 0.3 is 39.5 Å². The van der Waals surface area contributed by atoms with E-state index in [9.17, 15) is 43.2 Å². The molecule has 0 rings (SSSR count). The fourth-order valence-corrected chi connectivity index (χ4v) is 13.0. The molecular weight excluding hydrogens is 1230 g/mol. The zero-order valence-corrected chi connectivity index (χ0v) is 63.2. The van der Waals surface area contributed by atoms with Crippen molar-refractivity contribution in [2.24, 2.45) is 17.8 Å². The van der Waals surface area contributed by atoms with Crippen molar-refractivity contribution in [2.75, 3.05) is 39.6 Å². The van der Waals surface area contributed by atoms with Gasteiger partial charge in [-0.25, -0.2) is 9.13 Å². The lowest BCUT2D eigenvalue weighted by atomic mass is 10.0. The Bertz CT molecular complexity index is 1840. The summed E-state index contributed by atoms with van der Waals surface area (Å²) in [6, 6.07) is 0. The van der Waals surface area contributed by atoms with Crippen LogP contribution in [0, 0.1) is 17.8 Å². The predicted octanol–water partition coefficient (Wildman–Crippen LogP) is 21.8. The zero-order chi connectivity index (χ0) is 69.4. The normalized spacial score (nSPS) is 14.1. The van der Waals surface area contributed by atoms with Crippen LogP contribution in [0.1, 0.15) is 382 Å². The zero-order valence-electron chi connectivity index (χ0n) is 61.4. The summed E-state index contributed by atoms with van der Waals surface area (Å²) in [5.41, 5.74) is 0. The highest BCUT2D eigenvalue weighted by atomic mass is 31.2. The fraction of sp³-hybridized carbons (Fsp3) is 0.947. The summed E-state index contributed by atoms with van der Waals surface area (Å²) >= 11 is 0. The minimum Gasteiger partial charge on any atom is -0.462 e. The maximum absolute atomic E-state index is 13.1. The summed E-state index contributed by atoms with van der Waals surface area (Å²) in [6.45, 7) is 11.9. The molecule has 0 fully saturated rings. The van der Waals surface area contributed by atoms with E-state index in [2.05, 4.69) is 48.5 Å². The predicted molar refractivity (Wildman–Crippen MR) is 381 cm³/mol. The van der Waals surface area contributed by atoms with Gasteiger partial charge in [0.25, 0.3) is 0 Å². The number of esters is 4. The summed E-state index contributed by atoms with van der Waals surface area (Å²) in [5, 5.41) is 10.6.